The van der Waals surface area contributed by atoms with Crippen LogP contribution < -0.4 is 10.6 Å². The maximum Gasteiger partial charge on any atom is 0.435 e. The molecule has 1 aliphatic carbocycles. The minimum absolute atomic E-state index is 0. The van der Waals surface area contributed by atoms with Crippen LogP contribution in [0.1, 0.15) is 50.3 Å². The SMILES string of the molecule is CCOCCC1(CNC(=NC)NCc2cn(C)nc2C(F)(F)F)CCCC1.I. The van der Waals surface area contributed by atoms with Gasteiger partial charge in [0.1, 0.15) is 0 Å². The minimum atomic E-state index is -4.47. The molecule has 0 saturated heterocycles. The van der Waals surface area contributed by atoms with Gasteiger partial charge < -0.3 is 15.4 Å². The minimum Gasteiger partial charge on any atom is -0.382 e. The molecule has 6 nitrogen and oxygen atoms in total. The number of aryl methyl sites for hydroxylation is 1. The van der Waals surface area contributed by atoms with Gasteiger partial charge in [0.05, 0.1) is 0 Å². The summed E-state index contributed by atoms with van der Waals surface area (Å²) in [5.41, 5.74) is -0.602. The molecule has 0 bridgehead atoms. The zero-order valence-corrected chi connectivity index (χ0v) is 19.1. The van der Waals surface area contributed by atoms with Gasteiger partial charge in [-0.1, -0.05) is 12.8 Å². The smallest absolute Gasteiger partial charge is 0.382 e. The number of aliphatic imine (C=N–C) groups is 1. The Morgan fingerprint density at radius 1 is 1.32 bits per heavy atom. The van der Waals surface area contributed by atoms with E-state index < -0.39 is 11.9 Å². The van der Waals surface area contributed by atoms with Gasteiger partial charge in [-0.2, -0.15) is 18.3 Å². The second-order valence-electron chi connectivity index (χ2n) is 7.11. The predicted molar refractivity (Wildman–Crippen MR) is 114 cm³/mol. The molecule has 0 amide bonds. The monoisotopic (exact) mass is 517 g/mol. The molecule has 0 unspecified atom stereocenters. The Hall–Kier alpha value is -1.04. The van der Waals surface area contributed by atoms with Gasteiger partial charge in [-0.25, -0.2) is 0 Å². The Labute approximate surface area is 181 Å². The van der Waals surface area contributed by atoms with E-state index in [4.69, 9.17) is 4.74 Å². The number of hydrogen-bond donors (Lipinski definition) is 2. The van der Waals surface area contributed by atoms with Crippen molar-refractivity contribution in [3.63, 3.8) is 0 Å². The third-order valence-corrected chi connectivity index (χ3v) is 5.12. The van der Waals surface area contributed by atoms with Crippen molar-refractivity contribution in [3.05, 3.63) is 17.5 Å². The average Bonchev–Trinajstić information content (AvgIpc) is 3.22. The van der Waals surface area contributed by atoms with Crippen LogP contribution in [-0.4, -0.2) is 42.5 Å². The van der Waals surface area contributed by atoms with Gasteiger partial charge in [-0.05, 0) is 31.6 Å². The molecule has 0 aliphatic heterocycles. The summed E-state index contributed by atoms with van der Waals surface area (Å²) in [4.78, 5) is 4.15. The molecule has 28 heavy (non-hydrogen) atoms. The molecule has 2 N–H and O–H groups in total. The first-order valence-electron chi connectivity index (χ1n) is 9.41. The van der Waals surface area contributed by atoms with Crippen LogP contribution in [0.2, 0.25) is 0 Å². The summed E-state index contributed by atoms with van der Waals surface area (Å²) in [7, 11) is 3.10. The first kappa shape index (κ1) is 25.0. The van der Waals surface area contributed by atoms with Crippen molar-refractivity contribution in [1.82, 2.24) is 20.4 Å². The molecule has 2 rings (SSSR count). The molecular formula is C18H31F3IN5O. The van der Waals surface area contributed by atoms with E-state index in [1.165, 1.54) is 30.8 Å². The Kier molecular flexibility index (Phi) is 10.0. The fourth-order valence-corrected chi connectivity index (χ4v) is 3.65. The van der Waals surface area contributed by atoms with E-state index in [-0.39, 0.29) is 41.5 Å². The number of ether oxygens (including phenoxy) is 1. The van der Waals surface area contributed by atoms with Crippen LogP contribution in [0.5, 0.6) is 0 Å². The number of aromatic nitrogens is 2. The van der Waals surface area contributed by atoms with Crippen LogP contribution in [0.25, 0.3) is 0 Å². The van der Waals surface area contributed by atoms with Gasteiger partial charge in [0.2, 0.25) is 0 Å². The second kappa shape index (κ2) is 11.2. The molecule has 1 aromatic rings. The summed E-state index contributed by atoms with van der Waals surface area (Å²) in [5, 5.41) is 9.79. The topological polar surface area (TPSA) is 63.5 Å². The first-order valence-corrected chi connectivity index (χ1v) is 9.41. The molecular weight excluding hydrogens is 486 g/mol. The van der Waals surface area contributed by atoms with Crippen molar-refractivity contribution < 1.29 is 17.9 Å². The van der Waals surface area contributed by atoms with Gasteiger partial charge in [0.25, 0.3) is 0 Å². The standard InChI is InChI=1S/C18H30F3N5O.HI/c1-4-27-10-9-17(7-5-6-8-17)13-24-16(22-2)23-11-14-12-26(3)25-15(14)18(19,20)21;/h12H,4-11,13H2,1-3H3,(H2,22,23,24);1H. The van der Waals surface area contributed by atoms with E-state index in [0.717, 1.165) is 32.4 Å². The molecule has 1 aromatic heterocycles. The van der Waals surface area contributed by atoms with E-state index in [9.17, 15) is 13.2 Å². The molecule has 1 aliphatic rings. The molecule has 1 saturated carbocycles. The lowest BCUT2D eigenvalue weighted by atomic mass is 9.83. The van der Waals surface area contributed by atoms with Crippen LogP contribution in [0, 0.1) is 5.41 Å². The second-order valence-corrected chi connectivity index (χ2v) is 7.11. The normalized spacial score (nSPS) is 16.7. The van der Waals surface area contributed by atoms with E-state index in [0.29, 0.717) is 12.6 Å². The molecule has 162 valence electrons. The maximum absolute atomic E-state index is 13.1. The largest absolute Gasteiger partial charge is 0.435 e. The highest BCUT2D eigenvalue weighted by molar-refractivity contribution is 14.0. The number of halogens is 4. The average molecular weight is 517 g/mol. The van der Waals surface area contributed by atoms with Crippen molar-refractivity contribution in [2.45, 2.75) is 51.7 Å². The Morgan fingerprint density at radius 2 is 2.00 bits per heavy atom. The van der Waals surface area contributed by atoms with Crippen molar-refractivity contribution in [2.75, 3.05) is 26.8 Å². The van der Waals surface area contributed by atoms with Gasteiger partial charge in [-0.3, -0.25) is 9.67 Å². The van der Waals surface area contributed by atoms with Crippen molar-refractivity contribution in [2.24, 2.45) is 17.5 Å². The summed E-state index contributed by atoms with van der Waals surface area (Å²) in [6.07, 6.45) is 2.54. The van der Waals surface area contributed by atoms with Crippen LogP contribution in [0.15, 0.2) is 11.2 Å². The molecule has 1 heterocycles. The fourth-order valence-electron chi connectivity index (χ4n) is 3.65. The lowest BCUT2D eigenvalue weighted by Gasteiger charge is -2.30. The number of guanidine groups is 1. The highest BCUT2D eigenvalue weighted by Gasteiger charge is 2.37. The van der Waals surface area contributed by atoms with E-state index in [2.05, 4.69) is 20.7 Å². The lowest BCUT2D eigenvalue weighted by Crippen LogP contribution is -2.43. The summed E-state index contributed by atoms with van der Waals surface area (Å²) in [6.45, 7) is 4.17. The van der Waals surface area contributed by atoms with Crippen LogP contribution in [-0.2, 0) is 24.5 Å². The zero-order valence-electron chi connectivity index (χ0n) is 16.7. The third-order valence-electron chi connectivity index (χ3n) is 5.12. The van der Waals surface area contributed by atoms with Gasteiger partial charge in [0.15, 0.2) is 11.7 Å². The zero-order chi connectivity index (χ0) is 19.9. The van der Waals surface area contributed by atoms with Gasteiger partial charge in [-0.15, -0.1) is 24.0 Å². The van der Waals surface area contributed by atoms with Crippen LogP contribution >= 0.6 is 24.0 Å². The Bertz CT molecular complexity index is 627. The third kappa shape index (κ3) is 7.09. The highest BCUT2D eigenvalue weighted by Crippen LogP contribution is 2.40. The lowest BCUT2D eigenvalue weighted by molar-refractivity contribution is -0.142. The van der Waals surface area contributed by atoms with E-state index in [1.54, 1.807) is 7.05 Å². The molecule has 0 atom stereocenters. The number of hydrogen-bond acceptors (Lipinski definition) is 3. The molecule has 10 heteroatoms. The van der Waals surface area contributed by atoms with Crippen molar-refractivity contribution in [3.8, 4) is 0 Å². The Balaban J connectivity index is 0.00000392. The highest BCUT2D eigenvalue weighted by atomic mass is 127. The van der Waals surface area contributed by atoms with E-state index in [1.807, 2.05) is 6.92 Å². The maximum atomic E-state index is 13.1. The molecule has 0 spiro atoms. The van der Waals surface area contributed by atoms with Crippen molar-refractivity contribution in [1.29, 1.82) is 0 Å². The van der Waals surface area contributed by atoms with Crippen LogP contribution in [0.3, 0.4) is 0 Å². The summed E-state index contributed by atoms with van der Waals surface area (Å²) >= 11 is 0. The molecule has 1 fully saturated rings. The predicted octanol–water partition coefficient (Wildman–Crippen LogP) is 3.71. The van der Waals surface area contributed by atoms with Crippen LogP contribution in [0.4, 0.5) is 13.2 Å². The number of rotatable bonds is 8. The Morgan fingerprint density at radius 3 is 2.57 bits per heavy atom. The quantitative estimate of drug-likeness (QED) is 0.239. The van der Waals surface area contributed by atoms with Crippen molar-refractivity contribution >= 4 is 29.9 Å². The first-order chi connectivity index (χ1) is 12.8. The number of nitrogens with zero attached hydrogens (tertiary/aromatic N) is 3. The summed E-state index contributed by atoms with van der Waals surface area (Å²) < 4.78 is 45.9. The van der Waals surface area contributed by atoms with Gasteiger partial charge in [0, 0.05) is 52.2 Å². The number of nitrogens with one attached hydrogen (secondary N) is 2. The molecule has 0 aromatic carbocycles. The molecule has 0 radical (unpaired) electrons. The van der Waals surface area contributed by atoms with Gasteiger partial charge >= 0.3 is 6.18 Å². The fraction of sp³-hybridized carbons (Fsp3) is 0.778. The summed E-state index contributed by atoms with van der Waals surface area (Å²) in [6, 6.07) is 0. The summed E-state index contributed by atoms with van der Waals surface area (Å²) in [5.74, 6) is 0.495. The van der Waals surface area contributed by atoms with E-state index >= 15 is 0 Å². The number of alkyl halides is 3.